The van der Waals surface area contributed by atoms with Gasteiger partial charge in [-0.3, -0.25) is 0 Å². The number of aliphatic hydroxyl groups is 1. The molecule has 0 spiro atoms. The molecule has 2 aromatic heterocycles. The van der Waals surface area contributed by atoms with E-state index in [2.05, 4.69) is 40.8 Å². The van der Waals surface area contributed by atoms with Crippen LogP contribution >= 0.6 is 0 Å². The maximum absolute atomic E-state index is 9.39. The van der Waals surface area contributed by atoms with E-state index >= 15 is 0 Å². The second-order valence-electron chi connectivity index (χ2n) is 5.11. The van der Waals surface area contributed by atoms with Gasteiger partial charge in [0.25, 0.3) is 0 Å². The topological polar surface area (TPSA) is 49.6 Å². The Morgan fingerprint density at radius 1 is 1.44 bits per heavy atom. The summed E-state index contributed by atoms with van der Waals surface area (Å²) in [5, 5.41) is 12.8. The molecule has 2 rings (SSSR count). The van der Waals surface area contributed by atoms with E-state index in [1.165, 1.54) is 5.56 Å². The van der Waals surface area contributed by atoms with Gasteiger partial charge in [-0.25, -0.2) is 4.98 Å². The van der Waals surface area contributed by atoms with E-state index < -0.39 is 0 Å². The van der Waals surface area contributed by atoms with Gasteiger partial charge in [-0.05, 0) is 31.9 Å². The SMILES string of the molecule is CCC(C)(CO)NCc1cnc2ccc(C)cn12. The molecule has 0 amide bonds. The van der Waals surface area contributed by atoms with E-state index in [1.54, 1.807) is 0 Å². The summed E-state index contributed by atoms with van der Waals surface area (Å²) in [6.07, 6.45) is 4.86. The predicted octanol–water partition coefficient (Wildman–Crippen LogP) is 1.89. The highest BCUT2D eigenvalue weighted by Gasteiger charge is 2.20. The summed E-state index contributed by atoms with van der Waals surface area (Å²) in [5.74, 6) is 0. The van der Waals surface area contributed by atoms with E-state index in [0.717, 1.165) is 17.8 Å². The van der Waals surface area contributed by atoms with Gasteiger partial charge < -0.3 is 14.8 Å². The van der Waals surface area contributed by atoms with Crippen molar-refractivity contribution in [2.24, 2.45) is 0 Å². The number of hydrogen-bond acceptors (Lipinski definition) is 3. The zero-order chi connectivity index (χ0) is 13.2. The summed E-state index contributed by atoms with van der Waals surface area (Å²) in [7, 11) is 0. The lowest BCUT2D eigenvalue weighted by atomic mass is 10.0. The largest absolute Gasteiger partial charge is 0.394 e. The normalized spacial score (nSPS) is 14.9. The van der Waals surface area contributed by atoms with E-state index in [0.29, 0.717) is 6.54 Å². The molecule has 0 bridgehead atoms. The van der Waals surface area contributed by atoms with Crippen LogP contribution in [0.3, 0.4) is 0 Å². The minimum absolute atomic E-state index is 0.138. The second-order valence-corrected chi connectivity index (χ2v) is 5.11. The van der Waals surface area contributed by atoms with Gasteiger partial charge in [0.1, 0.15) is 5.65 Å². The Balaban J connectivity index is 2.19. The molecule has 18 heavy (non-hydrogen) atoms. The number of nitrogens with zero attached hydrogens (tertiary/aromatic N) is 2. The molecule has 1 unspecified atom stereocenters. The van der Waals surface area contributed by atoms with Crippen LogP contribution in [-0.4, -0.2) is 26.6 Å². The highest BCUT2D eigenvalue weighted by molar-refractivity contribution is 5.41. The average Bonchev–Trinajstić information content (AvgIpc) is 2.78. The third-order valence-electron chi connectivity index (χ3n) is 3.56. The monoisotopic (exact) mass is 247 g/mol. The number of rotatable bonds is 5. The molecule has 98 valence electrons. The first-order valence-corrected chi connectivity index (χ1v) is 6.36. The number of aliphatic hydroxyl groups excluding tert-OH is 1. The molecule has 2 aromatic rings. The van der Waals surface area contributed by atoms with Crippen LogP contribution in [0.15, 0.2) is 24.5 Å². The molecule has 0 saturated carbocycles. The maximum Gasteiger partial charge on any atom is 0.136 e. The van der Waals surface area contributed by atoms with Crippen molar-refractivity contribution in [1.82, 2.24) is 14.7 Å². The van der Waals surface area contributed by atoms with Gasteiger partial charge in [0.15, 0.2) is 0 Å². The fraction of sp³-hybridized carbons (Fsp3) is 0.500. The Labute approximate surface area is 108 Å². The van der Waals surface area contributed by atoms with Crippen molar-refractivity contribution in [3.8, 4) is 0 Å². The lowest BCUT2D eigenvalue weighted by Gasteiger charge is -2.27. The number of nitrogens with one attached hydrogen (secondary N) is 1. The molecule has 0 aliphatic rings. The molecular weight excluding hydrogens is 226 g/mol. The Morgan fingerprint density at radius 2 is 2.22 bits per heavy atom. The van der Waals surface area contributed by atoms with Gasteiger partial charge in [0, 0.05) is 18.3 Å². The summed E-state index contributed by atoms with van der Waals surface area (Å²) in [4.78, 5) is 4.37. The molecule has 0 aromatic carbocycles. The molecule has 4 heteroatoms. The number of aromatic nitrogens is 2. The van der Waals surface area contributed by atoms with Crippen molar-refractivity contribution in [3.05, 3.63) is 35.8 Å². The number of hydrogen-bond donors (Lipinski definition) is 2. The van der Waals surface area contributed by atoms with Crippen molar-refractivity contribution in [3.63, 3.8) is 0 Å². The molecule has 0 aliphatic carbocycles. The Bertz CT molecular complexity index is 529. The fourth-order valence-electron chi connectivity index (χ4n) is 1.86. The summed E-state index contributed by atoms with van der Waals surface area (Å²) in [6, 6.07) is 4.08. The summed E-state index contributed by atoms with van der Waals surface area (Å²) in [5.41, 5.74) is 3.05. The Morgan fingerprint density at radius 3 is 2.89 bits per heavy atom. The summed E-state index contributed by atoms with van der Waals surface area (Å²) < 4.78 is 2.09. The maximum atomic E-state index is 9.39. The lowest BCUT2D eigenvalue weighted by Crippen LogP contribution is -2.44. The van der Waals surface area contributed by atoms with Crippen LogP contribution in [0.5, 0.6) is 0 Å². The van der Waals surface area contributed by atoms with Crippen LogP contribution in [0.4, 0.5) is 0 Å². The first-order valence-electron chi connectivity index (χ1n) is 6.36. The zero-order valence-electron chi connectivity index (χ0n) is 11.3. The van der Waals surface area contributed by atoms with Crippen molar-refractivity contribution in [1.29, 1.82) is 0 Å². The van der Waals surface area contributed by atoms with Gasteiger partial charge in [-0.15, -0.1) is 0 Å². The standard InChI is InChI=1S/C14H21N3O/c1-4-14(3,10-18)16-8-12-7-15-13-6-5-11(2)9-17(12)13/h5-7,9,16,18H,4,8,10H2,1-3H3. The number of fused-ring (bicyclic) bond motifs is 1. The molecule has 2 N–H and O–H groups in total. The highest BCUT2D eigenvalue weighted by atomic mass is 16.3. The molecule has 0 fully saturated rings. The first-order chi connectivity index (χ1) is 8.58. The second kappa shape index (κ2) is 5.08. The molecule has 4 nitrogen and oxygen atoms in total. The third kappa shape index (κ3) is 2.54. The molecule has 1 atom stereocenters. The number of pyridine rings is 1. The molecular formula is C14H21N3O. The van der Waals surface area contributed by atoms with E-state index in [9.17, 15) is 5.11 Å². The fourth-order valence-corrected chi connectivity index (χ4v) is 1.86. The molecule has 2 heterocycles. The minimum atomic E-state index is -0.228. The third-order valence-corrected chi connectivity index (χ3v) is 3.56. The van der Waals surface area contributed by atoms with Crippen LogP contribution < -0.4 is 5.32 Å². The van der Waals surface area contributed by atoms with Crippen LogP contribution in [0.1, 0.15) is 31.5 Å². The van der Waals surface area contributed by atoms with Crippen LogP contribution in [-0.2, 0) is 6.54 Å². The van der Waals surface area contributed by atoms with Crippen molar-refractivity contribution < 1.29 is 5.11 Å². The minimum Gasteiger partial charge on any atom is -0.394 e. The van der Waals surface area contributed by atoms with Crippen LogP contribution in [0, 0.1) is 6.92 Å². The Hall–Kier alpha value is -1.39. The molecule has 0 saturated heterocycles. The highest BCUT2D eigenvalue weighted by Crippen LogP contribution is 2.12. The zero-order valence-corrected chi connectivity index (χ0v) is 11.3. The number of aryl methyl sites for hydroxylation is 1. The first kappa shape index (κ1) is 13.1. The summed E-state index contributed by atoms with van der Waals surface area (Å²) >= 11 is 0. The van der Waals surface area contributed by atoms with E-state index in [4.69, 9.17) is 0 Å². The summed E-state index contributed by atoms with van der Waals surface area (Å²) in [6.45, 7) is 7.01. The smallest absolute Gasteiger partial charge is 0.136 e. The molecule has 0 aliphatic heterocycles. The quantitative estimate of drug-likeness (QED) is 0.848. The van der Waals surface area contributed by atoms with Crippen molar-refractivity contribution >= 4 is 5.65 Å². The van der Waals surface area contributed by atoms with Crippen LogP contribution in [0.2, 0.25) is 0 Å². The van der Waals surface area contributed by atoms with Gasteiger partial charge in [0.2, 0.25) is 0 Å². The predicted molar refractivity (Wildman–Crippen MR) is 72.6 cm³/mol. The van der Waals surface area contributed by atoms with Gasteiger partial charge in [-0.2, -0.15) is 0 Å². The van der Waals surface area contributed by atoms with Gasteiger partial charge in [-0.1, -0.05) is 13.0 Å². The average molecular weight is 247 g/mol. The molecule has 0 radical (unpaired) electrons. The van der Waals surface area contributed by atoms with Gasteiger partial charge >= 0.3 is 0 Å². The Kier molecular flexibility index (Phi) is 3.68. The lowest BCUT2D eigenvalue weighted by molar-refractivity contribution is 0.168. The van der Waals surface area contributed by atoms with E-state index in [1.807, 2.05) is 19.2 Å². The van der Waals surface area contributed by atoms with Gasteiger partial charge in [0.05, 0.1) is 18.5 Å². The van der Waals surface area contributed by atoms with Crippen molar-refractivity contribution in [2.75, 3.05) is 6.61 Å². The van der Waals surface area contributed by atoms with E-state index in [-0.39, 0.29) is 12.1 Å². The number of imidazole rings is 1. The van der Waals surface area contributed by atoms with Crippen LogP contribution in [0.25, 0.3) is 5.65 Å². The van der Waals surface area contributed by atoms with Crippen molar-refractivity contribution in [2.45, 2.75) is 39.3 Å².